The lowest BCUT2D eigenvalue weighted by Gasteiger charge is -2.25. The van der Waals surface area contributed by atoms with Crippen LogP contribution in [-0.2, 0) is 0 Å². The lowest BCUT2D eigenvalue weighted by molar-refractivity contribution is 0.168. The molecule has 12 nitrogen and oxygen atoms in total. The van der Waals surface area contributed by atoms with Gasteiger partial charge in [0.1, 0.15) is 34.7 Å². The Morgan fingerprint density at radius 1 is 0.950 bits per heavy atom. The van der Waals surface area contributed by atoms with Crippen molar-refractivity contribution in [3.63, 3.8) is 0 Å². The quantitative estimate of drug-likeness (QED) is 0.254. The topological polar surface area (TPSA) is 139 Å². The maximum atomic E-state index is 11.3. The van der Waals surface area contributed by atoms with Crippen molar-refractivity contribution in [1.29, 1.82) is 0 Å². The van der Waals surface area contributed by atoms with E-state index in [2.05, 4.69) is 29.9 Å². The third-order valence-corrected chi connectivity index (χ3v) is 8.10. The van der Waals surface area contributed by atoms with Crippen molar-refractivity contribution in [3.05, 3.63) is 54.0 Å². The van der Waals surface area contributed by atoms with Crippen LogP contribution in [-0.4, -0.2) is 73.9 Å². The zero-order valence-corrected chi connectivity index (χ0v) is 24.3. The third kappa shape index (κ3) is 5.70. The first-order chi connectivity index (χ1) is 19.4. The van der Waals surface area contributed by atoms with Gasteiger partial charge in [0, 0.05) is 17.5 Å². The molecule has 0 aliphatic carbocycles. The number of ether oxygens (including phenoxy) is 4. The Hall–Kier alpha value is -4.23. The van der Waals surface area contributed by atoms with E-state index in [-0.39, 0.29) is 11.1 Å². The second-order valence-electron chi connectivity index (χ2n) is 8.52. The molecule has 0 aliphatic rings. The Balaban J connectivity index is 1.83. The average molecular weight is 568 g/mol. The number of anilines is 1. The van der Waals surface area contributed by atoms with Crippen molar-refractivity contribution in [3.8, 4) is 40.5 Å². The highest BCUT2D eigenvalue weighted by molar-refractivity contribution is 8.16. The molecule has 212 valence electrons. The van der Waals surface area contributed by atoms with Crippen molar-refractivity contribution >= 4 is 22.0 Å². The van der Waals surface area contributed by atoms with E-state index >= 15 is 0 Å². The summed E-state index contributed by atoms with van der Waals surface area (Å²) in [5, 5.41) is 21.9. The number of nitrogens with one attached hydrogen (secondary N) is 1. The van der Waals surface area contributed by atoms with Gasteiger partial charge in [0.25, 0.3) is 0 Å². The van der Waals surface area contributed by atoms with Crippen LogP contribution in [0.15, 0.2) is 42.6 Å². The third-order valence-electron chi connectivity index (χ3n) is 6.12. The summed E-state index contributed by atoms with van der Waals surface area (Å²) in [4.78, 5) is 13.3. The van der Waals surface area contributed by atoms with E-state index in [0.29, 0.717) is 51.9 Å². The number of rotatable bonds is 11. The van der Waals surface area contributed by atoms with Crippen LogP contribution in [0.2, 0.25) is 0 Å². The van der Waals surface area contributed by atoms with Crippen LogP contribution in [0.1, 0.15) is 31.3 Å². The standard InChI is InChI=1S/C27H33N7O5S/c1-8-40(17(3)24(35)22-26(39-7)29-16(2)15-28-22)33-27-32-31-25(18-11-9-14-21(30-18)38-6)34(27)23-19(36-4)12-10-13-20(23)37-5/h8-15,17,24,35H,1-7H3,(H,32,33)/t17-,24-,40?/m0/s1. The lowest BCUT2D eigenvalue weighted by atomic mass is 10.2. The molecule has 0 saturated carbocycles. The molecule has 0 amide bonds. The molecule has 0 radical (unpaired) electrons. The number of hydrogen-bond donors (Lipinski definition) is 2. The van der Waals surface area contributed by atoms with E-state index in [1.165, 1.54) is 7.11 Å². The fraction of sp³-hybridized carbons (Fsp3) is 0.333. The highest BCUT2D eigenvalue weighted by Crippen LogP contribution is 2.40. The number of aliphatic hydroxyl groups is 1. The predicted molar refractivity (Wildman–Crippen MR) is 155 cm³/mol. The summed E-state index contributed by atoms with van der Waals surface area (Å²) in [6.07, 6.45) is 0.624. The highest BCUT2D eigenvalue weighted by atomic mass is 32.2. The number of methoxy groups -OCH3 is 4. The van der Waals surface area contributed by atoms with Gasteiger partial charge in [0.15, 0.2) is 5.82 Å². The molecule has 3 aromatic heterocycles. The molecule has 3 atom stereocenters. The van der Waals surface area contributed by atoms with E-state index < -0.39 is 16.8 Å². The number of hydrogen-bond acceptors (Lipinski definition) is 11. The molecular formula is C27H33N7O5S. The zero-order chi connectivity index (χ0) is 28.8. The molecule has 0 spiro atoms. The first-order valence-corrected chi connectivity index (χ1v) is 13.7. The van der Waals surface area contributed by atoms with Crippen LogP contribution in [0, 0.1) is 6.92 Å². The van der Waals surface area contributed by atoms with E-state index in [1.807, 2.05) is 56.5 Å². The van der Waals surface area contributed by atoms with Gasteiger partial charge in [-0.3, -0.25) is 9.55 Å². The number of benzene rings is 1. The number of aliphatic hydroxyl groups excluding tert-OH is 1. The van der Waals surface area contributed by atoms with Crippen LogP contribution in [0.25, 0.3) is 17.2 Å². The van der Waals surface area contributed by atoms with Crippen molar-refractivity contribution in [2.75, 3.05) is 33.2 Å². The summed E-state index contributed by atoms with van der Waals surface area (Å²) in [5.74, 6) is 2.62. The van der Waals surface area contributed by atoms with Crippen LogP contribution in [0.5, 0.6) is 23.3 Å². The molecule has 40 heavy (non-hydrogen) atoms. The Bertz CT molecular complexity index is 1490. The van der Waals surface area contributed by atoms with Crippen molar-refractivity contribution in [2.24, 2.45) is 0 Å². The van der Waals surface area contributed by atoms with Gasteiger partial charge >= 0.3 is 0 Å². The summed E-state index contributed by atoms with van der Waals surface area (Å²) in [6, 6.07) is 10.9. The number of aromatic nitrogens is 6. The number of nitrogens with zero attached hydrogens (tertiary/aromatic N) is 6. The molecule has 0 fully saturated rings. The van der Waals surface area contributed by atoms with Crippen LogP contribution >= 0.6 is 10.7 Å². The highest BCUT2D eigenvalue weighted by Gasteiger charge is 2.28. The summed E-state index contributed by atoms with van der Waals surface area (Å²) in [5.41, 5.74) is 2.16. The Kier molecular flexibility index (Phi) is 9.17. The monoisotopic (exact) mass is 567 g/mol. The van der Waals surface area contributed by atoms with Gasteiger partial charge in [-0.2, -0.15) is 0 Å². The molecular weight excluding hydrogens is 534 g/mol. The molecule has 3 heterocycles. The SMILES string of the molecule is C/C=S(\Nc1nnc(-c2cccc(OC)n2)n1-c1c(OC)cccc1OC)[C@@H](C)[C@H](O)c1ncc(C)nc1OC. The summed E-state index contributed by atoms with van der Waals surface area (Å²) in [7, 11) is 5.50. The summed E-state index contributed by atoms with van der Waals surface area (Å²) in [6.45, 7) is 5.64. The van der Waals surface area contributed by atoms with Crippen LogP contribution < -0.4 is 23.7 Å². The molecule has 1 unspecified atom stereocenters. The normalized spacial score (nSPS) is 13.4. The fourth-order valence-electron chi connectivity index (χ4n) is 4.08. The fourth-order valence-corrected chi connectivity index (χ4v) is 5.57. The Morgan fingerprint density at radius 3 is 2.27 bits per heavy atom. The van der Waals surface area contributed by atoms with Gasteiger partial charge in [-0.05, 0) is 44.3 Å². The lowest BCUT2D eigenvalue weighted by Crippen LogP contribution is -2.20. The summed E-state index contributed by atoms with van der Waals surface area (Å²) < 4.78 is 27.4. The Labute approximate surface area is 235 Å². The first kappa shape index (κ1) is 28.8. The Morgan fingerprint density at radius 2 is 1.65 bits per heavy atom. The number of pyridine rings is 1. The second kappa shape index (κ2) is 12.7. The van der Waals surface area contributed by atoms with E-state index in [0.717, 1.165) is 0 Å². The van der Waals surface area contributed by atoms with Gasteiger partial charge in [-0.25, -0.2) is 9.97 Å². The zero-order valence-electron chi connectivity index (χ0n) is 23.4. The van der Waals surface area contributed by atoms with E-state index in [1.54, 1.807) is 38.2 Å². The first-order valence-electron chi connectivity index (χ1n) is 12.4. The largest absolute Gasteiger partial charge is 0.494 e. The van der Waals surface area contributed by atoms with Gasteiger partial charge in [0.2, 0.25) is 17.7 Å². The molecule has 2 N–H and O–H groups in total. The molecule has 0 bridgehead atoms. The molecule has 4 rings (SSSR count). The molecule has 0 aliphatic heterocycles. The van der Waals surface area contributed by atoms with Crippen LogP contribution in [0.4, 0.5) is 5.95 Å². The number of para-hydroxylation sites is 1. The molecule has 4 aromatic rings. The van der Waals surface area contributed by atoms with Gasteiger partial charge in [0.05, 0.1) is 34.1 Å². The predicted octanol–water partition coefficient (Wildman–Crippen LogP) is 4.00. The minimum atomic E-state index is -0.980. The minimum absolute atomic E-state index is 0.285. The van der Waals surface area contributed by atoms with Gasteiger partial charge in [-0.15, -0.1) is 10.2 Å². The average Bonchev–Trinajstić information content (AvgIpc) is 3.41. The smallest absolute Gasteiger partial charge is 0.239 e. The maximum Gasteiger partial charge on any atom is 0.239 e. The maximum absolute atomic E-state index is 11.3. The molecule has 1 aromatic carbocycles. The van der Waals surface area contributed by atoms with Crippen molar-refractivity contribution < 1.29 is 24.1 Å². The van der Waals surface area contributed by atoms with Gasteiger partial charge in [-0.1, -0.05) is 22.8 Å². The minimum Gasteiger partial charge on any atom is -0.494 e. The molecule has 0 saturated heterocycles. The van der Waals surface area contributed by atoms with Crippen molar-refractivity contribution in [1.82, 2.24) is 29.7 Å². The number of aryl methyl sites for hydroxylation is 1. The van der Waals surface area contributed by atoms with E-state index in [4.69, 9.17) is 18.9 Å². The van der Waals surface area contributed by atoms with E-state index in [9.17, 15) is 5.11 Å². The van der Waals surface area contributed by atoms with Crippen molar-refractivity contribution in [2.45, 2.75) is 32.1 Å². The van der Waals surface area contributed by atoms with Gasteiger partial charge < -0.3 is 28.8 Å². The van der Waals surface area contributed by atoms with Crippen LogP contribution in [0.3, 0.4) is 0 Å². The molecule has 13 heteroatoms. The second-order valence-corrected chi connectivity index (χ2v) is 10.7. The summed E-state index contributed by atoms with van der Waals surface area (Å²) >= 11 is 0.